The number of nitrogens with zero attached hydrogens (tertiary/aromatic N) is 7. The second-order valence-corrected chi connectivity index (χ2v) is 15.7. The predicted octanol–water partition coefficient (Wildman–Crippen LogP) is -1.92. The molecule has 3 aliphatic heterocycles. The van der Waals surface area contributed by atoms with Crippen molar-refractivity contribution in [3.63, 3.8) is 0 Å². The van der Waals surface area contributed by atoms with Crippen LogP contribution >= 0.6 is 25.8 Å². The number of nitrogens with two attached hydrogens (primary N) is 2. The Balaban J connectivity index is 1.21. The van der Waals surface area contributed by atoms with Gasteiger partial charge >= 0.3 is 6.80 Å². The third kappa shape index (κ3) is 5.56. The van der Waals surface area contributed by atoms with Crippen molar-refractivity contribution < 1.29 is 47.2 Å². The highest BCUT2D eigenvalue weighted by Crippen LogP contribution is 2.57. The number of aromatic amines is 1. The summed E-state index contributed by atoms with van der Waals surface area (Å²) < 4.78 is 50.0. The Morgan fingerprint density at radius 2 is 1.64 bits per heavy atom. The van der Waals surface area contributed by atoms with E-state index in [1.807, 2.05) is 0 Å². The zero-order valence-corrected chi connectivity index (χ0v) is 25.9. The summed E-state index contributed by atoms with van der Waals surface area (Å²) in [5.41, 5.74) is 11.2. The van der Waals surface area contributed by atoms with E-state index >= 15 is 0 Å². The standard InChI is InChI=1S/C20H24N10O11P2S2/c21-14-8-15(24-3-23-14)29(4-25-8)19-13-10(31)6(38-19)1-36-42(34,44)40-12-7(2-37-43(35,45)41-13)39-18(11(12)32)30-5-26-9-16(30)27-20(22)28-17(9)33/h3-7,10-13,18-19,31-32H,1-2H2,(H,34,44)(H,35,45)(H2,21,23,24)(H3,22,27,28,33)/p-1/t6-,7-,10-,11-,12-,13-,18-,19-,42?,43?/m1/s1. The smallest absolute Gasteiger partial charge is 0.386 e. The third-order valence-electron chi connectivity index (χ3n) is 7.31. The molecule has 0 aliphatic carbocycles. The van der Waals surface area contributed by atoms with Crippen molar-refractivity contribution in [1.82, 2.24) is 39.0 Å². The Morgan fingerprint density at radius 1 is 0.956 bits per heavy atom. The summed E-state index contributed by atoms with van der Waals surface area (Å²) >= 11 is 9.18. The monoisotopic (exact) mass is 705 g/mol. The summed E-state index contributed by atoms with van der Waals surface area (Å²) in [6, 6.07) is 0. The van der Waals surface area contributed by atoms with Crippen LogP contribution in [-0.4, -0.2) is 99.1 Å². The van der Waals surface area contributed by atoms with Crippen LogP contribution in [0.2, 0.25) is 0 Å². The fraction of sp³-hybridized carbons (Fsp3) is 0.500. The summed E-state index contributed by atoms with van der Waals surface area (Å²) in [5, 5.41) is 22.4. The molecule has 7 heterocycles. The minimum Gasteiger partial charge on any atom is -0.780 e. The second-order valence-electron chi connectivity index (χ2n) is 10.1. The minimum absolute atomic E-state index is 0.0367. The molecule has 4 aromatic rings. The number of imidazole rings is 2. The Morgan fingerprint density at radius 3 is 2.42 bits per heavy atom. The van der Waals surface area contributed by atoms with Gasteiger partial charge in [0.1, 0.15) is 55.2 Å². The molecule has 2 unspecified atom stereocenters. The maximum absolute atomic E-state index is 13.5. The molecular formula is C20H23N10O11P2S2-. The number of rotatable bonds is 2. The first-order chi connectivity index (χ1) is 21.3. The maximum atomic E-state index is 13.5. The normalized spacial score (nSPS) is 37.7. The lowest BCUT2D eigenvalue weighted by Crippen LogP contribution is -2.37. The highest BCUT2D eigenvalue weighted by molar-refractivity contribution is 8.44. The van der Waals surface area contributed by atoms with Crippen molar-refractivity contribution in [2.75, 3.05) is 24.7 Å². The molecule has 3 aliphatic rings. The summed E-state index contributed by atoms with van der Waals surface area (Å²) in [6.45, 7) is -10.0. The quantitative estimate of drug-likeness (QED) is 0.0978. The van der Waals surface area contributed by atoms with E-state index in [1.54, 1.807) is 0 Å². The van der Waals surface area contributed by atoms with E-state index in [1.165, 1.54) is 28.1 Å². The second kappa shape index (κ2) is 11.3. The molecule has 3 saturated heterocycles. The summed E-state index contributed by atoms with van der Waals surface area (Å²) in [6.07, 6.45) is -7.58. The zero-order valence-electron chi connectivity index (χ0n) is 22.4. The number of fused-ring (bicyclic) bond motifs is 5. The van der Waals surface area contributed by atoms with Gasteiger partial charge in [0.25, 0.3) is 5.56 Å². The molecule has 45 heavy (non-hydrogen) atoms. The topological polar surface area (TPSA) is 295 Å². The fourth-order valence-electron chi connectivity index (χ4n) is 5.29. The number of nitrogens with one attached hydrogen (secondary N) is 1. The summed E-state index contributed by atoms with van der Waals surface area (Å²) in [4.78, 5) is 48.3. The van der Waals surface area contributed by atoms with Crippen molar-refractivity contribution in [1.29, 1.82) is 0 Å². The average molecular weight is 706 g/mol. The van der Waals surface area contributed by atoms with Crippen molar-refractivity contribution >= 4 is 71.7 Å². The van der Waals surface area contributed by atoms with Crippen LogP contribution in [0.3, 0.4) is 0 Å². The van der Waals surface area contributed by atoms with Gasteiger partial charge in [-0.05, 0) is 0 Å². The van der Waals surface area contributed by atoms with Gasteiger partial charge in [-0.25, -0.2) is 24.5 Å². The van der Waals surface area contributed by atoms with Gasteiger partial charge in [0.2, 0.25) is 5.95 Å². The van der Waals surface area contributed by atoms with Crippen LogP contribution in [0.15, 0.2) is 23.8 Å². The number of ether oxygens (including phenoxy) is 2. The van der Waals surface area contributed by atoms with Crippen LogP contribution in [0, 0.1) is 0 Å². The Labute approximate surface area is 260 Å². The lowest BCUT2D eigenvalue weighted by atomic mass is 10.1. The number of H-pyrrole nitrogens is 1. The molecule has 7 N–H and O–H groups in total. The van der Waals surface area contributed by atoms with Crippen molar-refractivity contribution in [3.8, 4) is 0 Å². The molecule has 3 fully saturated rings. The van der Waals surface area contributed by atoms with Crippen LogP contribution < -0.4 is 21.9 Å². The van der Waals surface area contributed by atoms with Gasteiger partial charge in [-0.15, -0.1) is 0 Å². The van der Waals surface area contributed by atoms with Gasteiger partial charge in [0.05, 0.1) is 25.9 Å². The van der Waals surface area contributed by atoms with E-state index in [4.69, 9.17) is 50.8 Å². The molecular weight excluding hydrogens is 682 g/mol. The van der Waals surface area contributed by atoms with Gasteiger partial charge in [-0.2, -0.15) is 4.98 Å². The highest BCUT2D eigenvalue weighted by atomic mass is 32.7. The van der Waals surface area contributed by atoms with E-state index in [0.717, 1.165) is 0 Å². The number of aliphatic hydroxyl groups is 2. The molecule has 21 nitrogen and oxygen atoms in total. The largest absolute Gasteiger partial charge is 0.780 e. The van der Waals surface area contributed by atoms with Crippen molar-refractivity contribution in [2.24, 2.45) is 0 Å². The molecule has 0 spiro atoms. The average Bonchev–Trinajstić information content (AvgIpc) is 3.72. The van der Waals surface area contributed by atoms with Gasteiger partial charge < -0.3 is 45.1 Å². The zero-order chi connectivity index (χ0) is 31.8. The highest BCUT2D eigenvalue weighted by Gasteiger charge is 2.52. The van der Waals surface area contributed by atoms with Gasteiger partial charge in [-0.3, -0.25) is 28.0 Å². The van der Waals surface area contributed by atoms with E-state index in [-0.39, 0.29) is 34.1 Å². The molecule has 2 bridgehead atoms. The lowest BCUT2D eigenvalue weighted by molar-refractivity contribution is -0.218. The number of aromatic nitrogens is 8. The van der Waals surface area contributed by atoms with Crippen LogP contribution in [-0.2, 0) is 43.9 Å². The minimum atomic E-state index is -4.47. The van der Waals surface area contributed by atoms with Gasteiger partial charge in [0, 0.05) is 0 Å². The van der Waals surface area contributed by atoms with Gasteiger partial charge in [-0.1, -0.05) is 24.1 Å². The molecule has 0 aromatic carbocycles. The van der Waals surface area contributed by atoms with Crippen LogP contribution in [0.25, 0.3) is 22.3 Å². The first-order valence-corrected chi connectivity index (χ1v) is 18.2. The molecule has 0 radical (unpaired) electrons. The van der Waals surface area contributed by atoms with E-state index in [2.05, 4.69) is 42.2 Å². The molecule has 0 amide bonds. The Kier molecular flexibility index (Phi) is 7.76. The number of hydrogen-bond acceptors (Lipinski definition) is 19. The van der Waals surface area contributed by atoms with Crippen LogP contribution in [0.5, 0.6) is 0 Å². The maximum Gasteiger partial charge on any atom is 0.386 e. The number of nitrogen functional groups attached to an aromatic ring is 2. The Bertz CT molecular complexity index is 1940. The van der Waals surface area contributed by atoms with Crippen LogP contribution in [0.4, 0.5) is 11.8 Å². The van der Waals surface area contributed by atoms with Crippen molar-refractivity contribution in [2.45, 2.75) is 49.1 Å². The molecule has 25 heteroatoms. The summed E-state index contributed by atoms with van der Waals surface area (Å²) in [7, 11) is 0. The van der Waals surface area contributed by atoms with E-state index < -0.39 is 81.4 Å². The molecule has 10 atom stereocenters. The first-order valence-electron chi connectivity index (χ1n) is 12.9. The van der Waals surface area contributed by atoms with Crippen LogP contribution in [0.1, 0.15) is 12.5 Å². The predicted molar refractivity (Wildman–Crippen MR) is 155 cm³/mol. The van der Waals surface area contributed by atoms with Crippen molar-refractivity contribution in [3.05, 3.63) is 29.3 Å². The first kappa shape index (κ1) is 31.0. The van der Waals surface area contributed by atoms with E-state index in [0.29, 0.717) is 0 Å². The van der Waals surface area contributed by atoms with Gasteiger partial charge in [0.15, 0.2) is 35.1 Å². The third-order valence-corrected chi connectivity index (χ3v) is 10.5. The lowest BCUT2D eigenvalue weighted by Gasteiger charge is -2.34. The molecule has 4 aromatic heterocycles. The SMILES string of the molecule is Nc1nc2c(ncn2[C@@H]2O[C@@H]3COP([O-])(=S)O[C@@H]4[C@H](O)[C@@H](COP(=O)(S)O[C@H]3[C@H]2O)O[C@H]4n2cnc3c(N)ncnc32)c(=O)[nH]1. The Hall–Kier alpha value is -2.63. The number of anilines is 2. The number of thiol groups is 1. The number of hydrogen-bond donors (Lipinski definition) is 6. The number of aliphatic hydroxyl groups excluding tert-OH is 2. The summed E-state index contributed by atoms with van der Waals surface area (Å²) in [5.74, 6) is -0.151. The molecule has 242 valence electrons. The van der Waals surface area contributed by atoms with E-state index in [9.17, 15) is 24.5 Å². The fourth-order valence-corrected chi connectivity index (χ4v) is 8.18. The molecule has 7 rings (SSSR count). The molecule has 0 saturated carbocycles.